The number of unbranched alkanes of at least 4 members (excludes halogenated alkanes) is 3. The van der Waals surface area contributed by atoms with Crippen molar-refractivity contribution in [2.75, 3.05) is 0 Å². The van der Waals surface area contributed by atoms with Crippen molar-refractivity contribution in [2.24, 2.45) is 0 Å². The SMILES string of the molecule is C=C(CCCCCC)O[Si](C)(C)C(C)(C)C. The molecular weight excluding hydrogens is 212 g/mol. The van der Waals surface area contributed by atoms with Crippen LogP contribution in [0.3, 0.4) is 0 Å². The van der Waals surface area contributed by atoms with Gasteiger partial charge in [-0.15, -0.1) is 0 Å². The Morgan fingerprint density at radius 3 is 2.12 bits per heavy atom. The van der Waals surface area contributed by atoms with Crippen molar-refractivity contribution < 1.29 is 4.43 Å². The second kappa shape index (κ2) is 6.48. The van der Waals surface area contributed by atoms with Crippen LogP contribution in [0.5, 0.6) is 0 Å². The molecule has 0 rings (SSSR count). The van der Waals surface area contributed by atoms with Crippen molar-refractivity contribution in [1.29, 1.82) is 0 Å². The number of rotatable bonds is 7. The topological polar surface area (TPSA) is 9.23 Å². The molecule has 0 atom stereocenters. The Kier molecular flexibility index (Phi) is 6.38. The van der Waals surface area contributed by atoms with Crippen LogP contribution in [-0.2, 0) is 4.43 Å². The van der Waals surface area contributed by atoms with E-state index >= 15 is 0 Å². The van der Waals surface area contributed by atoms with Crippen molar-refractivity contribution >= 4 is 8.32 Å². The van der Waals surface area contributed by atoms with Crippen LogP contribution in [0.4, 0.5) is 0 Å². The minimum Gasteiger partial charge on any atom is -0.547 e. The summed E-state index contributed by atoms with van der Waals surface area (Å²) in [4.78, 5) is 0. The van der Waals surface area contributed by atoms with E-state index in [1.807, 2.05) is 0 Å². The van der Waals surface area contributed by atoms with Gasteiger partial charge < -0.3 is 4.43 Å². The smallest absolute Gasteiger partial charge is 0.250 e. The Balaban J connectivity index is 3.96. The van der Waals surface area contributed by atoms with Crippen molar-refractivity contribution in [3.05, 3.63) is 12.3 Å². The fourth-order valence-corrected chi connectivity index (χ4v) is 2.44. The van der Waals surface area contributed by atoms with E-state index in [2.05, 4.69) is 47.4 Å². The third-order valence-electron chi connectivity index (χ3n) is 3.51. The largest absolute Gasteiger partial charge is 0.547 e. The van der Waals surface area contributed by atoms with E-state index in [4.69, 9.17) is 4.43 Å². The third kappa shape index (κ3) is 5.74. The molecule has 0 aliphatic heterocycles. The number of allylic oxidation sites excluding steroid dienone is 1. The molecule has 0 bridgehead atoms. The maximum absolute atomic E-state index is 6.13. The molecule has 0 aliphatic rings. The average molecular weight is 242 g/mol. The zero-order valence-electron chi connectivity index (χ0n) is 12.2. The molecule has 2 heteroatoms. The first kappa shape index (κ1) is 15.8. The van der Waals surface area contributed by atoms with Crippen LogP contribution >= 0.6 is 0 Å². The molecule has 0 fully saturated rings. The van der Waals surface area contributed by atoms with Gasteiger partial charge in [0.25, 0.3) is 0 Å². The lowest BCUT2D eigenvalue weighted by Gasteiger charge is -2.37. The van der Waals surface area contributed by atoms with Crippen LogP contribution in [-0.4, -0.2) is 8.32 Å². The van der Waals surface area contributed by atoms with Gasteiger partial charge in [0.1, 0.15) is 0 Å². The highest BCUT2D eigenvalue weighted by molar-refractivity contribution is 6.74. The molecule has 1 nitrogen and oxygen atoms in total. The Hall–Kier alpha value is -0.243. The van der Waals surface area contributed by atoms with E-state index < -0.39 is 8.32 Å². The molecule has 0 heterocycles. The maximum atomic E-state index is 6.13. The fraction of sp³-hybridized carbons (Fsp3) is 0.857. The maximum Gasteiger partial charge on any atom is 0.250 e. The lowest BCUT2D eigenvalue weighted by molar-refractivity contribution is 0.363. The van der Waals surface area contributed by atoms with Gasteiger partial charge in [-0.25, -0.2) is 0 Å². The zero-order chi connectivity index (χ0) is 12.8. The van der Waals surface area contributed by atoms with Crippen LogP contribution in [0.1, 0.15) is 59.8 Å². The molecule has 96 valence electrons. The molecule has 0 N–H and O–H groups in total. The van der Waals surface area contributed by atoms with E-state index in [0.29, 0.717) is 0 Å². The molecule has 0 radical (unpaired) electrons. The minimum absolute atomic E-state index is 0.277. The summed E-state index contributed by atoms with van der Waals surface area (Å²) in [6.45, 7) is 17.7. The van der Waals surface area contributed by atoms with Gasteiger partial charge in [0.15, 0.2) is 0 Å². The fourth-order valence-electron chi connectivity index (χ4n) is 1.31. The van der Waals surface area contributed by atoms with E-state index in [1.54, 1.807) is 0 Å². The summed E-state index contributed by atoms with van der Waals surface area (Å²) in [5.41, 5.74) is 0. The van der Waals surface area contributed by atoms with Crippen LogP contribution in [0.25, 0.3) is 0 Å². The molecule has 16 heavy (non-hydrogen) atoms. The van der Waals surface area contributed by atoms with Gasteiger partial charge >= 0.3 is 0 Å². The van der Waals surface area contributed by atoms with Gasteiger partial charge in [-0.3, -0.25) is 0 Å². The van der Waals surface area contributed by atoms with E-state index in [-0.39, 0.29) is 5.04 Å². The van der Waals surface area contributed by atoms with Crippen LogP contribution in [0.15, 0.2) is 12.3 Å². The van der Waals surface area contributed by atoms with Gasteiger partial charge in [0.05, 0.1) is 5.76 Å². The zero-order valence-corrected chi connectivity index (χ0v) is 13.2. The van der Waals surface area contributed by atoms with E-state index in [9.17, 15) is 0 Å². The molecule has 0 saturated heterocycles. The summed E-state index contributed by atoms with van der Waals surface area (Å²) in [7, 11) is -1.64. The molecule has 0 aliphatic carbocycles. The van der Waals surface area contributed by atoms with Gasteiger partial charge in [-0.1, -0.05) is 53.5 Å². The predicted molar refractivity (Wildman–Crippen MR) is 76.2 cm³/mol. The summed E-state index contributed by atoms with van der Waals surface area (Å²) >= 11 is 0. The Morgan fingerprint density at radius 1 is 1.12 bits per heavy atom. The summed E-state index contributed by atoms with van der Waals surface area (Å²) in [5.74, 6) is 1.00. The molecule has 0 amide bonds. The van der Waals surface area contributed by atoms with Gasteiger partial charge in [-0.2, -0.15) is 0 Å². The van der Waals surface area contributed by atoms with E-state index in [1.165, 1.54) is 25.7 Å². The third-order valence-corrected chi connectivity index (χ3v) is 7.93. The molecule has 0 aromatic rings. The molecule has 0 unspecified atom stereocenters. The normalized spacial score (nSPS) is 12.6. The molecular formula is C14H30OSi. The Labute approximate surface area is 103 Å². The standard InChI is InChI=1S/C14H30OSi/c1-8-9-10-11-12-13(2)15-16(6,7)14(3,4)5/h2,8-12H2,1,3-7H3. The highest BCUT2D eigenvalue weighted by atomic mass is 28.4. The molecule has 0 saturated carbocycles. The van der Waals surface area contributed by atoms with Crippen LogP contribution in [0.2, 0.25) is 18.1 Å². The highest BCUT2D eigenvalue weighted by Gasteiger charge is 2.38. The second-order valence-electron chi connectivity index (χ2n) is 6.21. The van der Waals surface area contributed by atoms with Crippen LogP contribution < -0.4 is 0 Å². The summed E-state index contributed by atoms with van der Waals surface area (Å²) < 4.78 is 6.13. The average Bonchev–Trinajstić information content (AvgIpc) is 2.10. The lowest BCUT2D eigenvalue weighted by atomic mass is 10.1. The summed E-state index contributed by atoms with van der Waals surface area (Å²) in [6, 6.07) is 0. The first-order valence-electron chi connectivity index (χ1n) is 6.57. The molecule has 0 spiro atoms. The lowest BCUT2D eigenvalue weighted by Crippen LogP contribution is -2.40. The number of hydrogen-bond donors (Lipinski definition) is 0. The quantitative estimate of drug-likeness (QED) is 0.326. The van der Waals surface area contributed by atoms with E-state index in [0.717, 1.165) is 12.2 Å². The first-order valence-corrected chi connectivity index (χ1v) is 9.48. The van der Waals surface area contributed by atoms with Gasteiger partial charge in [-0.05, 0) is 24.6 Å². The Morgan fingerprint density at radius 2 is 1.69 bits per heavy atom. The monoisotopic (exact) mass is 242 g/mol. The van der Waals surface area contributed by atoms with Crippen molar-refractivity contribution in [1.82, 2.24) is 0 Å². The summed E-state index contributed by atoms with van der Waals surface area (Å²) in [6.07, 6.45) is 6.17. The van der Waals surface area contributed by atoms with Crippen molar-refractivity contribution in [3.63, 3.8) is 0 Å². The number of hydrogen-bond acceptors (Lipinski definition) is 1. The van der Waals surface area contributed by atoms with Crippen LogP contribution in [0, 0.1) is 0 Å². The minimum atomic E-state index is -1.64. The van der Waals surface area contributed by atoms with Crippen molar-refractivity contribution in [3.8, 4) is 0 Å². The summed E-state index contributed by atoms with van der Waals surface area (Å²) in [5, 5.41) is 0.277. The predicted octanol–water partition coefficient (Wildman–Crippen LogP) is 5.49. The molecule has 0 aromatic carbocycles. The Bertz CT molecular complexity index is 213. The van der Waals surface area contributed by atoms with Crippen molar-refractivity contribution in [2.45, 2.75) is 77.9 Å². The first-order chi connectivity index (χ1) is 7.20. The second-order valence-corrected chi connectivity index (χ2v) is 10.9. The highest BCUT2D eigenvalue weighted by Crippen LogP contribution is 2.38. The van der Waals surface area contributed by atoms with Gasteiger partial charge in [0, 0.05) is 6.42 Å². The molecule has 0 aromatic heterocycles. The van der Waals surface area contributed by atoms with Gasteiger partial charge in [0.2, 0.25) is 8.32 Å².